The van der Waals surface area contributed by atoms with Gasteiger partial charge in [-0.1, -0.05) is 17.3 Å². The Balaban J connectivity index is 1.31. The average molecular weight is 368 g/mol. The lowest BCUT2D eigenvalue weighted by Gasteiger charge is -2.19. The quantitative estimate of drug-likeness (QED) is 0.677. The number of rotatable bonds is 5. The first-order chi connectivity index (χ1) is 12.8. The minimum absolute atomic E-state index is 0.177. The molecule has 26 heavy (non-hydrogen) atoms. The highest BCUT2D eigenvalue weighted by Gasteiger charge is 2.19. The largest absolute Gasteiger partial charge is 0.359 e. The van der Waals surface area contributed by atoms with Crippen molar-refractivity contribution in [2.24, 2.45) is 0 Å². The lowest BCUT2D eigenvalue weighted by atomic mass is 9.95. The van der Waals surface area contributed by atoms with Crippen LogP contribution in [0.3, 0.4) is 0 Å². The number of thiazole rings is 1. The Morgan fingerprint density at radius 1 is 1.35 bits per heavy atom. The van der Waals surface area contributed by atoms with Crippen molar-refractivity contribution < 1.29 is 9.32 Å². The number of nitrogens with one attached hydrogen (secondary N) is 2. The van der Waals surface area contributed by atoms with Crippen LogP contribution in [0, 0.1) is 0 Å². The Kier molecular flexibility index (Phi) is 5.08. The van der Waals surface area contributed by atoms with E-state index in [4.69, 9.17) is 4.52 Å². The van der Waals surface area contributed by atoms with Crippen LogP contribution < -0.4 is 10.6 Å². The number of amides is 1. The first-order valence-electron chi connectivity index (χ1n) is 8.75. The Morgan fingerprint density at radius 3 is 3.04 bits per heavy atom. The molecular formula is C19H20N4O2S. The van der Waals surface area contributed by atoms with Crippen molar-refractivity contribution in [2.75, 3.05) is 13.1 Å². The summed E-state index contributed by atoms with van der Waals surface area (Å²) in [4.78, 5) is 16.5. The van der Waals surface area contributed by atoms with Gasteiger partial charge in [0.15, 0.2) is 5.76 Å². The van der Waals surface area contributed by atoms with Crippen molar-refractivity contribution in [3.8, 4) is 0 Å². The van der Waals surface area contributed by atoms with Crippen LogP contribution in [0.4, 0.5) is 0 Å². The summed E-state index contributed by atoms with van der Waals surface area (Å²) >= 11 is 1.56. The predicted molar refractivity (Wildman–Crippen MR) is 102 cm³/mol. The van der Waals surface area contributed by atoms with Crippen molar-refractivity contribution in [3.05, 3.63) is 52.9 Å². The van der Waals surface area contributed by atoms with E-state index in [-0.39, 0.29) is 5.91 Å². The van der Waals surface area contributed by atoms with Gasteiger partial charge in [-0.25, -0.2) is 4.98 Å². The van der Waals surface area contributed by atoms with Crippen LogP contribution in [-0.2, 0) is 11.3 Å². The molecule has 1 aliphatic heterocycles. The maximum Gasteiger partial charge on any atom is 0.244 e. The number of nitrogens with zero attached hydrogens (tertiary/aromatic N) is 2. The number of carbonyl (C=O) groups is 1. The monoisotopic (exact) mass is 368 g/mol. The summed E-state index contributed by atoms with van der Waals surface area (Å²) in [5.41, 5.74) is 1.94. The van der Waals surface area contributed by atoms with Crippen molar-refractivity contribution in [3.63, 3.8) is 0 Å². The summed E-state index contributed by atoms with van der Waals surface area (Å²) in [6.45, 7) is 2.36. The van der Waals surface area contributed by atoms with Crippen LogP contribution in [0.1, 0.15) is 35.2 Å². The minimum Gasteiger partial charge on any atom is -0.359 e. The first-order valence-corrected chi connectivity index (χ1v) is 9.57. The van der Waals surface area contributed by atoms with Gasteiger partial charge < -0.3 is 15.2 Å². The van der Waals surface area contributed by atoms with Gasteiger partial charge in [-0.3, -0.25) is 4.79 Å². The summed E-state index contributed by atoms with van der Waals surface area (Å²) in [6.07, 6.45) is 5.38. The van der Waals surface area contributed by atoms with Gasteiger partial charge in [0.2, 0.25) is 5.91 Å². The molecule has 0 unspecified atom stereocenters. The third kappa shape index (κ3) is 4.00. The zero-order chi connectivity index (χ0) is 17.8. The molecule has 2 N–H and O–H groups in total. The van der Waals surface area contributed by atoms with E-state index in [1.54, 1.807) is 17.4 Å². The molecule has 0 atom stereocenters. The molecule has 7 heteroatoms. The highest BCUT2D eigenvalue weighted by molar-refractivity contribution is 7.19. The molecule has 6 nitrogen and oxygen atoms in total. The zero-order valence-electron chi connectivity index (χ0n) is 14.3. The molecule has 1 aromatic carbocycles. The summed E-state index contributed by atoms with van der Waals surface area (Å²) in [5, 5.41) is 11.1. The van der Waals surface area contributed by atoms with Crippen LogP contribution in [0.25, 0.3) is 16.3 Å². The van der Waals surface area contributed by atoms with Crippen molar-refractivity contribution in [2.45, 2.75) is 25.3 Å². The SMILES string of the molecule is O=C(/C=C/c1nc2ccccc2s1)NCc1cc(C2CCNCC2)no1. The summed E-state index contributed by atoms with van der Waals surface area (Å²) < 4.78 is 6.46. The molecule has 1 fully saturated rings. The Bertz CT molecular complexity index is 891. The third-order valence-electron chi connectivity index (χ3n) is 4.46. The molecule has 0 aliphatic carbocycles. The van der Waals surface area contributed by atoms with Crippen molar-refractivity contribution >= 4 is 33.5 Å². The lowest BCUT2D eigenvalue weighted by Crippen LogP contribution is -2.26. The molecule has 1 amide bonds. The third-order valence-corrected chi connectivity index (χ3v) is 5.46. The molecule has 2 aromatic heterocycles. The molecule has 0 saturated carbocycles. The van der Waals surface area contributed by atoms with Gasteiger partial charge in [0.1, 0.15) is 5.01 Å². The summed E-state index contributed by atoms with van der Waals surface area (Å²) in [7, 11) is 0. The maximum atomic E-state index is 12.0. The number of hydrogen-bond acceptors (Lipinski definition) is 6. The lowest BCUT2D eigenvalue weighted by molar-refractivity contribution is -0.116. The maximum absolute atomic E-state index is 12.0. The van der Waals surface area contributed by atoms with E-state index in [1.807, 2.05) is 30.3 Å². The first kappa shape index (κ1) is 16.9. The van der Waals surface area contributed by atoms with Gasteiger partial charge in [-0.15, -0.1) is 11.3 Å². The molecule has 1 saturated heterocycles. The summed E-state index contributed by atoms with van der Waals surface area (Å²) in [6, 6.07) is 9.88. The summed E-state index contributed by atoms with van der Waals surface area (Å²) in [5.74, 6) is 0.952. The Hall–Kier alpha value is -2.51. The average Bonchev–Trinajstić information content (AvgIpc) is 3.32. The van der Waals surface area contributed by atoms with E-state index < -0.39 is 0 Å². The number of carbonyl (C=O) groups excluding carboxylic acids is 1. The van der Waals surface area contributed by atoms with Crippen molar-refractivity contribution in [1.29, 1.82) is 0 Å². The van der Waals surface area contributed by atoms with Gasteiger partial charge in [-0.2, -0.15) is 0 Å². The van der Waals surface area contributed by atoms with E-state index in [0.29, 0.717) is 18.2 Å². The number of fused-ring (bicyclic) bond motifs is 1. The van der Waals surface area contributed by atoms with Gasteiger partial charge in [0.25, 0.3) is 0 Å². The number of hydrogen-bond donors (Lipinski definition) is 2. The number of benzene rings is 1. The highest BCUT2D eigenvalue weighted by atomic mass is 32.1. The number of piperidine rings is 1. The van der Waals surface area contributed by atoms with Gasteiger partial charge in [0, 0.05) is 18.1 Å². The van der Waals surface area contributed by atoms with Gasteiger partial charge in [-0.05, 0) is 44.1 Å². The predicted octanol–water partition coefficient (Wildman–Crippen LogP) is 3.08. The van der Waals surface area contributed by atoms with Crippen LogP contribution in [0.15, 0.2) is 40.9 Å². The highest BCUT2D eigenvalue weighted by Crippen LogP contribution is 2.24. The van der Waals surface area contributed by atoms with Crippen LogP contribution >= 0.6 is 11.3 Å². The smallest absolute Gasteiger partial charge is 0.244 e. The van der Waals surface area contributed by atoms with E-state index >= 15 is 0 Å². The second-order valence-electron chi connectivity index (χ2n) is 6.31. The molecular weight excluding hydrogens is 348 g/mol. The topological polar surface area (TPSA) is 80.0 Å². The molecule has 134 valence electrons. The molecule has 0 bridgehead atoms. The molecule has 3 aromatic rings. The van der Waals surface area contributed by atoms with Gasteiger partial charge >= 0.3 is 0 Å². The fourth-order valence-electron chi connectivity index (χ4n) is 3.06. The molecule has 0 radical (unpaired) electrons. The molecule has 0 spiro atoms. The van der Waals surface area contributed by atoms with Gasteiger partial charge in [0.05, 0.1) is 22.5 Å². The van der Waals surface area contributed by atoms with Crippen LogP contribution in [-0.4, -0.2) is 29.1 Å². The zero-order valence-corrected chi connectivity index (χ0v) is 15.1. The second kappa shape index (κ2) is 7.80. The number of aromatic nitrogens is 2. The Labute approximate surface area is 155 Å². The molecule has 3 heterocycles. The van der Waals surface area contributed by atoms with Crippen LogP contribution in [0.2, 0.25) is 0 Å². The standard InChI is InChI=1S/C19H20N4O2S/c24-18(5-6-19-22-15-3-1-2-4-17(15)26-19)21-12-14-11-16(23-25-14)13-7-9-20-10-8-13/h1-6,11,13,20H,7-10,12H2,(H,21,24)/b6-5+. The fourth-order valence-corrected chi connectivity index (χ4v) is 3.93. The normalized spacial score (nSPS) is 15.7. The Morgan fingerprint density at radius 2 is 2.19 bits per heavy atom. The van der Waals surface area contributed by atoms with E-state index in [2.05, 4.69) is 20.8 Å². The second-order valence-corrected chi connectivity index (χ2v) is 7.38. The van der Waals surface area contributed by atoms with E-state index in [9.17, 15) is 4.79 Å². The minimum atomic E-state index is -0.177. The van der Waals surface area contributed by atoms with Crippen molar-refractivity contribution in [1.82, 2.24) is 20.8 Å². The van der Waals surface area contributed by atoms with E-state index in [0.717, 1.165) is 46.8 Å². The molecule has 4 rings (SSSR count). The molecule has 1 aliphatic rings. The number of para-hydroxylation sites is 1. The fraction of sp³-hybridized carbons (Fsp3) is 0.316. The van der Waals surface area contributed by atoms with E-state index in [1.165, 1.54) is 6.08 Å². The van der Waals surface area contributed by atoms with Crippen LogP contribution in [0.5, 0.6) is 0 Å².